The van der Waals surface area contributed by atoms with E-state index >= 15 is 0 Å². The Labute approximate surface area is 99.8 Å². The van der Waals surface area contributed by atoms with Crippen molar-refractivity contribution in [3.05, 3.63) is 33.8 Å². The third kappa shape index (κ3) is 2.35. The van der Waals surface area contributed by atoms with Gasteiger partial charge in [-0.15, -0.1) is 10.2 Å². The summed E-state index contributed by atoms with van der Waals surface area (Å²) in [6.07, 6.45) is 1.07. The number of nitrogens with zero attached hydrogens (tertiary/aromatic N) is 6. The molecular weight excluding hydrogens is 240 g/mol. The molecule has 0 unspecified atom stereocenters. The number of aromatic nitrogens is 5. The number of tetrazole rings is 1. The summed E-state index contributed by atoms with van der Waals surface area (Å²) in [5, 5.41) is 35.2. The monoisotopic (exact) mass is 246 g/mol. The van der Waals surface area contributed by atoms with Crippen LogP contribution in [0.2, 0.25) is 0 Å². The Morgan fingerprint density at radius 2 is 2.44 bits per heavy atom. The zero-order valence-electron chi connectivity index (χ0n) is 8.86. The molecule has 0 aromatic carbocycles. The summed E-state index contributed by atoms with van der Waals surface area (Å²) in [6.45, 7) is 0.204. The van der Waals surface area contributed by atoms with Gasteiger partial charge in [0, 0.05) is 6.07 Å². The highest BCUT2D eigenvalue weighted by atomic mass is 16.6. The van der Waals surface area contributed by atoms with E-state index in [1.54, 1.807) is 0 Å². The van der Waals surface area contributed by atoms with Crippen molar-refractivity contribution >= 4 is 11.5 Å². The van der Waals surface area contributed by atoms with E-state index in [4.69, 9.17) is 5.26 Å². The van der Waals surface area contributed by atoms with Crippen molar-refractivity contribution in [2.24, 2.45) is 0 Å². The zero-order chi connectivity index (χ0) is 13.0. The maximum absolute atomic E-state index is 10.5. The lowest BCUT2D eigenvalue weighted by Crippen LogP contribution is -2.05. The van der Waals surface area contributed by atoms with Crippen LogP contribution in [0.3, 0.4) is 0 Å². The average Bonchev–Trinajstić information content (AvgIpc) is 2.89. The van der Waals surface area contributed by atoms with Crippen molar-refractivity contribution in [2.45, 2.75) is 6.54 Å². The van der Waals surface area contributed by atoms with Gasteiger partial charge in [0.05, 0.1) is 11.5 Å². The third-order valence-electron chi connectivity index (χ3n) is 2.01. The molecule has 0 spiro atoms. The second-order valence-corrected chi connectivity index (χ2v) is 3.14. The summed E-state index contributed by atoms with van der Waals surface area (Å²) >= 11 is 0. The molecule has 0 amide bonds. The van der Waals surface area contributed by atoms with E-state index in [0.29, 0.717) is 5.82 Å². The fraction of sp³-hybridized carbons (Fsp3) is 0.125. The molecule has 2 aromatic rings. The number of hydrogen-bond acceptors (Lipinski definition) is 8. The number of nitro groups is 1. The van der Waals surface area contributed by atoms with Gasteiger partial charge >= 0.3 is 0 Å². The van der Waals surface area contributed by atoms with E-state index in [2.05, 4.69) is 30.9 Å². The molecular formula is C8H6N8O2. The molecule has 0 atom stereocenters. The number of pyridine rings is 1. The smallest absolute Gasteiger partial charge is 0.289 e. The standard InChI is InChI=1S/C8H6N8O2/c9-2-5-1-6(16(17)18)3-10-8(5)11-4-7-12-14-15-13-7/h1,3H,4H2,(H,10,11)(H,12,13,14,15). The first-order valence-corrected chi connectivity index (χ1v) is 4.71. The van der Waals surface area contributed by atoms with Crippen LogP contribution in [0.15, 0.2) is 12.3 Å². The Morgan fingerprint density at radius 3 is 3.06 bits per heavy atom. The van der Waals surface area contributed by atoms with E-state index in [1.807, 2.05) is 6.07 Å². The summed E-state index contributed by atoms with van der Waals surface area (Å²) in [6, 6.07) is 2.97. The van der Waals surface area contributed by atoms with E-state index < -0.39 is 4.92 Å². The predicted molar refractivity (Wildman–Crippen MR) is 57.1 cm³/mol. The van der Waals surface area contributed by atoms with Crippen LogP contribution in [0.4, 0.5) is 11.5 Å². The van der Waals surface area contributed by atoms with Crippen molar-refractivity contribution in [1.29, 1.82) is 5.26 Å². The topological polar surface area (TPSA) is 146 Å². The van der Waals surface area contributed by atoms with Gasteiger partial charge in [-0.3, -0.25) is 10.1 Å². The van der Waals surface area contributed by atoms with Crippen molar-refractivity contribution in [2.75, 3.05) is 5.32 Å². The van der Waals surface area contributed by atoms with Gasteiger partial charge in [-0.1, -0.05) is 5.21 Å². The maximum Gasteiger partial charge on any atom is 0.289 e. The molecule has 0 bridgehead atoms. The molecule has 18 heavy (non-hydrogen) atoms. The van der Waals surface area contributed by atoms with Crippen LogP contribution in [-0.2, 0) is 6.54 Å². The Bertz CT molecular complexity index is 602. The fourth-order valence-corrected chi connectivity index (χ4v) is 1.20. The Morgan fingerprint density at radius 1 is 1.61 bits per heavy atom. The molecule has 2 heterocycles. The third-order valence-corrected chi connectivity index (χ3v) is 2.01. The van der Waals surface area contributed by atoms with Crippen molar-refractivity contribution < 1.29 is 4.92 Å². The number of aromatic amines is 1. The second-order valence-electron chi connectivity index (χ2n) is 3.14. The maximum atomic E-state index is 10.5. The number of rotatable bonds is 4. The van der Waals surface area contributed by atoms with Crippen LogP contribution in [0.25, 0.3) is 0 Å². The first-order valence-electron chi connectivity index (χ1n) is 4.71. The SMILES string of the molecule is N#Cc1cc([N+](=O)[O-])cnc1NCc1nn[nH]n1. The minimum atomic E-state index is -0.614. The highest BCUT2D eigenvalue weighted by Gasteiger charge is 2.12. The van der Waals surface area contributed by atoms with Crippen LogP contribution >= 0.6 is 0 Å². The Kier molecular flexibility index (Phi) is 3.06. The lowest BCUT2D eigenvalue weighted by atomic mass is 10.2. The quantitative estimate of drug-likeness (QED) is 0.565. The van der Waals surface area contributed by atoms with E-state index in [-0.39, 0.29) is 23.6 Å². The van der Waals surface area contributed by atoms with Crippen LogP contribution in [0.1, 0.15) is 11.4 Å². The molecule has 0 aliphatic rings. The number of anilines is 1. The molecule has 0 fully saturated rings. The molecule has 10 heteroatoms. The summed E-state index contributed by atoms with van der Waals surface area (Å²) in [5.41, 5.74) is -0.163. The lowest BCUT2D eigenvalue weighted by Gasteiger charge is -2.03. The Hall–Kier alpha value is -3.09. The fourth-order valence-electron chi connectivity index (χ4n) is 1.20. The largest absolute Gasteiger partial charge is 0.362 e. The molecule has 90 valence electrons. The van der Waals surface area contributed by atoms with Crippen LogP contribution in [0.5, 0.6) is 0 Å². The summed E-state index contributed by atoms with van der Waals surface area (Å²) in [4.78, 5) is 13.7. The minimum absolute atomic E-state index is 0.0766. The van der Waals surface area contributed by atoms with Gasteiger partial charge in [0.15, 0.2) is 5.82 Å². The molecule has 0 saturated heterocycles. The molecule has 0 aliphatic heterocycles. The molecule has 0 saturated carbocycles. The lowest BCUT2D eigenvalue weighted by molar-refractivity contribution is -0.385. The van der Waals surface area contributed by atoms with Crippen LogP contribution in [0, 0.1) is 21.4 Å². The number of H-pyrrole nitrogens is 1. The predicted octanol–water partition coefficient (Wildman–Crippen LogP) is -0.0133. The van der Waals surface area contributed by atoms with Crippen molar-refractivity contribution in [3.8, 4) is 6.07 Å². The van der Waals surface area contributed by atoms with Crippen molar-refractivity contribution in [1.82, 2.24) is 25.6 Å². The first kappa shape index (κ1) is 11.4. The Balaban J connectivity index is 2.18. The van der Waals surface area contributed by atoms with Gasteiger partial charge < -0.3 is 5.32 Å². The van der Waals surface area contributed by atoms with Gasteiger partial charge in [-0.25, -0.2) is 4.98 Å². The minimum Gasteiger partial charge on any atom is -0.362 e. The molecule has 2 aromatic heterocycles. The summed E-state index contributed by atoms with van der Waals surface area (Å²) in [7, 11) is 0. The van der Waals surface area contributed by atoms with E-state index in [9.17, 15) is 10.1 Å². The number of hydrogen-bond donors (Lipinski definition) is 2. The second kappa shape index (κ2) is 4.83. The first-order chi connectivity index (χ1) is 8.70. The summed E-state index contributed by atoms with van der Waals surface area (Å²) < 4.78 is 0. The van der Waals surface area contributed by atoms with E-state index in [0.717, 1.165) is 12.3 Å². The zero-order valence-corrected chi connectivity index (χ0v) is 8.86. The highest BCUT2D eigenvalue weighted by Crippen LogP contribution is 2.18. The van der Waals surface area contributed by atoms with Gasteiger partial charge in [-0.2, -0.15) is 10.5 Å². The number of nitrogens with one attached hydrogen (secondary N) is 2. The number of nitriles is 1. The summed E-state index contributed by atoms with van der Waals surface area (Å²) in [5.74, 6) is 0.618. The van der Waals surface area contributed by atoms with Gasteiger partial charge in [0.25, 0.3) is 5.69 Å². The molecule has 2 N–H and O–H groups in total. The van der Waals surface area contributed by atoms with E-state index in [1.165, 1.54) is 0 Å². The van der Waals surface area contributed by atoms with Gasteiger partial charge in [0.2, 0.25) is 0 Å². The molecule has 0 aliphatic carbocycles. The molecule has 0 radical (unpaired) electrons. The van der Waals surface area contributed by atoms with Crippen LogP contribution < -0.4 is 5.32 Å². The van der Waals surface area contributed by atoms with Crippen molar-refractivity contribution in [3.63, 3.8) is 0 Å². The molecule has 2 rings (SSSR count). The normalized spacial score (nSPS) is 9.72. The molecule has 10 nitrogen and oxygen atoms in total. The van der Waals surface area contributed by atoms with Gasteiger partial charge in [-0.05, 0) is 0 Å². The van der Waals surface area contributed by atoms with Crippen LogP contribution in [-0.4, -0.2) is 30.5 Å². The average molecular weight is 246 g/mol. The highest BCUT2D eigenvalue weighted by molar-refractivity contribution is 5.55. The van der Waals surface area contributed by atoms with Gasteiger partial charge in [0.1, 0.15) is 23.6 Å².